The van der Waals surface area contributed by atoms with Gasteiger partial charge >= 0.3 is 11.7 Å². The zero-order chi connectivity index (χ0) is 19.1. The Labute approximate surface area is 149 Å². The van der Waals surface area contributed by atoms with E-state index < -0.39 is 23.0 Å². The topological polar surface area (TPSA) is 120 Å². The van der Waals surface area contributed by atoms with Crippen LogP contribution in [0.5, 0.6) is 11.5 Å². The lowest BCUT2D eigenvalue weighted by Crippen LogP contribution is -2.41. The number of urea groups is 1. The van der Waals surface area contributed by atoms with Crippen molar-refractivity contribution < 1.29 is 24.0 Å². The fourth-order valence-corrected chi connectivity index (χ4v) is 2.13. The third kappa shape index (κ3) is 4.47. The number of nitrogens with zero attached hydrogens (tertiary/aromatic N) is 1. The van der Waals surface area contributed by atoms with Crippen LogP contribution in [0.1, 0.15) is 11.7 Å². The Morgan fingerprint density at radius 3 is 2.42 bits per heavy atom. The molecule has 2 aromatic carbocycles. The highest BCUT2D eigenvalue weighted by Crippen LogP contribution is 2.34. The summed E-state index contributed by atoms with van der Waals surface area (Å²) in [6.45, 7) is 0. The van der Waals surface area contributed by atoms with Crippen LogP contribution in [0.15, 0.2) is 48.5 Å². The molecule has 0 saturated heterocycles. The van der Waals surface area contributed by atoms with Crippen molar-refractivity contribution in [2.45, 2.75) is 6.10 Å². The standard InChI is InChI=1S/C17H17N3O6/c1-18-17(22)19-16(21)15(11-6-4-3-5-7-11)26-14-9-8-12(25-2)10-13(14)20(23)24/h3-10,15H,1-2H3,(H2,18,19,21,22)/t15-/m1/s1. The van der Waals surface area contributed by atoms with E-state index in [2.05, 4.69) is 10.6 Å². The first-order valence-electron chi connectivity index (χ1n) is 7.53. The Hall–Kier alpha value is -3.62. The lowest BCUT2D eigenvalue weighted by molar-refractivity contribution is -0.386. The van der Waals surface area contributed by atoms with E-state index in [1.165, 1.54) is 32.4 Å². The molecule has 0 aromatic heterocycles. The maximum absolute atomic E-state index is 12.4. The van der Waals surface area contributed by atoms with Crippen LogP contribution in [0.25, 0.3) is 0 Å². The lowest BCUT2D eigenvalue weighted by Gasteiger charge is -2.18. The molecule has 0 spiro atoms. The molecule has 0 radical (unpaired) electrons. The van der Waals surface area contributed by atoms with Crippen molar-refractivity contribution in [1.82, 2.24) is 10.6 Å². The summed E-state index contributed by atoms with van der Waals surface area (Å²) in [7, 11) is 2.73. The SMILES string of the molecule is CNC(=O)NC(=O)[C@H](Oc1ccc(OC)cc1[N+](=O)[O-])c1ccccc1. The number of nitro benzene ring substituents is 1. The number of carbonyl (C=O) groups is 2. The monoisotopic (exact) mass is 359 g/mol. The van der Waals surface area contributed by atoms with Crippen LogP contribution in [0.2, 0.25) is 0 Å². The molecular weight excluding hydrogens is 342 g/mol. The quantitative estimate of drug-likeness (QED) is 0.602. The number of rotatable bonds is 6. The van der Waals surface area contributed by atoms with Gasteiger partial charge in [0.1, 0.15) is 5.75 Å². The Balaban J connectivity index is 2.40. The Bertz CT molecular complexity index is 809. The van der Waals surface area contributed by atoms with E-state index in [0.717, 1.165) is 0 Å². The molecule has 1 atom stereocenters. The maximum Gasteiger partial charge on any atom is 0.321 e. The molecule has 3 amide bonds. The Morgan fingerprint density at radius 1 is 1.15 bits per heavy atom. The summed E-state index contributed by atoms with van der Waals surface area (Å²) in [5.74, 6) is -0.618. The second-order valence-corrected chi connectivity index (χ2v) is 5.07. The van der Waals surface area contributed by atoms with Crippen LogP contribution in [-0.2, 0) is 4.79 Å². The van der Waals surface area contributed by atoms with Gasteiger partial charge in [0.15, 0.2) is 5.75 Å². The minimum absolute atomic E-state index is 0.128. The van der Waals surface area contributed by atoms with Crippen molar-refractivity contribution in [3.05, 3.63) is 64.2 Å². The number of hydrogen-bond donors (Lipinski definition) is 2. The molecule has 9 nitrogen and oxygen atoms in total. The second kappa shape index (κ2) is 8.47. The summed E-state index contributed by atoms with van der Waals surface area (Å²) in [6.07, 6.45) is -1.26. The summed E-state index contributed by atoms with van der Waals surface area (Å²) < 4.78 is 10.6. The molecule has 0 saturated carbocycles. The van der Waals surface area contributed by atoms with Crippen LogP contribution in [0.4, 0.5) is 10.5 Å². The minimum atomic E-state index is -1.26. The largest absolute Gasteiger partial charge is 0.496 e. The van der Waals surface area contributed by atoms with Crippen molar-refractivity contribution in [2.24, 2.45) is 0 Å². The number of benzene rings is 2. The van der Waals surface area contributed by atoms with Crippen molar-refractivity contribution in [3.63, 3.8) is 0 Å². The van der Waals surface area contributed by atoms with Crippen LogP contribution in [0, 0.1) is 10.1 Å². The van der Waals surface area contributed by atoms with Crippen LogP contribution >= 0.6 is 0 Å². The van der Waals surface area contributed by atoms with Crippen molar-refractivity contribution in [2.75, 3.05) is 14.2 Å². The smallest absolute Gasteiger partial charge is 0.321 e. The van der Waals surface area contributed by atoms with Crippen LogP contribution in [-0.4, -0.2) is 31.0 Å². The van der Waals surface area contributed by atoms with Crippen molar-refractivity contribution in [3.8, 4) is 11.5 Å². The number of methoxy groups -OCH3 is 1. The van der Waals surface area contributed by atoms with Gasteiger partial charge in [0.25, 0.3) is 5.91 Å². The first-order chi connectivity index (χ1) is 12.5. The van der Waals surface area contributed by atoms with Gasteiger partial charge in [-0.1, -0.05) is 30.3 Å². The molecule has 0 bridgehead atoms. The zero-order valence-electron chi connectivity index (χ0n) is 14.1. The Kier molecular flexibility index (Phi) is 6.10. The van der Waals surface area contributed by atoms with Gasteiger partial charge in [0.2, 0.25) is 6.10 Å². The molecule has 136 valence electrons. The highest BCUT2D eigenvalue weighted by molar-refractivity contribution is 5.97. The van der Waals surface area contributed by atoms with E-state index in [4.69, 9.17) is 9.47 Å². The third-order valence-electron chi connectivity index (χ3n) is 3.41. The van der Waals surface area contributed by atoms with Gasteiger partial charge in [-0.05, 0) is 12.1 Å². The number of imide groups is 1. The van der Waals surface area contributed by atoms with Gasteiger partial charge in [0.05, 0.1) is 18.1 Å². The maximum atomic E-state index is 12.4. The predicted molar refractivity (Wildman–Crippen MR) is 92.1 cm³/mol. The normalized spacial score (nSPS) is 11.2. The molecule has 9 heteroatoms. The number of nitrogens with one attached hydrogen (secondary N) is 2. The van der Waals surface area contributed by atoms with E-state index in [9.17, 15) is 19.7 Å². The number of carbonyl (C=O) groups excluding carboxylic acids is 2. The van der Waals surface area contributed by atoms with E-state index in [1.807, 2.05) is 0 Å². The van der Waals surface area contributed by atoms with Crippen LogP contribution < -0.4 is 20.1 Å². The predicted octanol–water partition coefficient (Wildman–Crippen LogP) is 2.18. The van der Waals surface area contributed by atoms with Gasteiger partial charge in [0, 0.05) is 12.6 Å². The third-order valence-corrected chi connectivity index (χ3v) is 3.41. The summed E-state index contributed by atoms with van der Waals surface area (Å²) >= 11 is 0. The van der Waals surface area contributed by atoms with E-state index in [0.29, 0.717) is 5.56 Å². The fraction of sp³-hybridized carbons (Fsp3) is 0.176. The van der Waals surface area contributed by atoms with E-state index in [-0.39, 0.29) is 17.2 Å². The number of nitro groups is 1. The average Bonchev–Trinajstić information content (AvgIpc) is 2.66. The molecule has 0 heterocycles. The lowest BCUT2D eigenvalue weighted by atomic mass is 10.1. The molecule has 0 fully saturated rings. The number of ether oxygens (including phenoxy) is 2. The summed E-state index contributed by atoms with van der Waals surface area (Å²) in [4.78, 5) is 34.5. The van der Waals surface area contributed by atoms with Gasteiger partial charge in [-0.15, -0.1) is 0 Å². The minimum Gasteiger partial charge on any atom is -0.496 e. The number of amides is 3. The van der Waals surface area contributed by atoms with E-state index in [1.54, 1.807) is 30.3 Å². The fourth-order valence-electron chi connectivity index (χ4n) is 2.13. The summed E-state index contributed by atoms with van der Waals surface area (Å²) in [5, 5.41) is 15.7. The Morgan fingerprint density at radius 2 is 1.85 bits per heavy atom. The van der Waals surface area contributed by atoms with Crippen molar-refractivity contribution in [1.29, 1.82) is 0 Å². The van der Waals surface area contributed by atoms with Crippen LogP contribution in [0.3, 0.4) is 0 Å². The van der Waals surface area contributed by atoms with Gasteiger partial charge in [-0.25, -0.2) is 4.79 Å². The molecular formula is C17H17N3O6. The molecule has 2 N–H and O–H groups in total. The second-order valence-electron chi connectivity index (χ2n) is 5.07. The molecule has 0 aliphatic rings. The van der Waals surface area contributed by atoms with Gasteiger partial charge in [-0.2, -0.15) is 0 Å². The summed E-state index contributed by atoms with van der Waals surface area (Å²) in [5.41, 5.74) is 0.0667. The van der Waals surface area contributed by atoms with Gasteiger partial charge < -0.3 is 14.8 Å². The average molecular weight is 359 g/mol. The molecule has 2 rings (SSSR count). The first-order valence-corrected chi connectivity index (χ1v) is 7.53. The molecule has 0 aliphatic heterocycles. The summed E-state index contributed by atoms with van der Waals surface area (Å²) in [6, 6.07) is 11.6. The van der Waals surface area contributed by atoms with E-state index >= 15 is 0 Å². The van der Waals surface area contributed by atoms with Crippen molar-refractivity contribution >= 4 is 17.6 Å². The molecule has 0 aliphatic carbocycles. The molecule has 26 heavy (non-hydrogen) atoms. The highest BCUT2D eigenvalue weighted by Gasteiger charge is 2.27. The highest BCUT2D eigenvalue weighted by atomic mass is 16.6. The molecule has 0 unspecified atom stereocenters. The van der Waals surface area contributed by atoms with Gasteiger partial charge in [-0.3, -0.25) is 20.2 Å². The zero-order valence-corrected chi connectivity index (χ0v) is 14.1. The number of hydrogen-bond acceptors (Lipinski definition) is 6. The molecule has 2 aromatic rings. The first kappa shape index (κ1) is 18.7.